The van der Waals surface area contributed by atoms with Crippen LogP contribution in [-0.2, 0) is 4.79 Å². The first-order valence-electron chi connectivity index (χ1n) is 4.53. The summed E-state index contributed by atoms with van der Waals surface area (Å²) < 4.78 is 5.04. The molecule has 0 unspecified atom stereocenters. The van der Waals surface area contributed by atoms with E-state index in [1.165, 1.54) is 23.2 Å². The summed E-state index contributed by atoms with van der Waals surface area (Å²) in [6.07, 6.45) is 1.40. The van der Waals surface area contributed by atoms with E-state index in [4.69, 9.17) is 9.84 Å². The molecule has 6 nitrogen and oxygen atoms in total. The van der Waals surface area contributed by atoms with Crippen molar-refractivity contribution in [3.05, 3.63) is 23.9 Å². The zero-order chi connectivity index (χ0) is 12.1. The Kier molecular flexibility index (Phi) is 3.82. The van der Waals surface area contributed by atoms with Gasteiger partial charge in [0.2, 0.25) is 5.88 Å². The highest BCUT2D eigenvalue weighted by atomic mass is 16.5. The maximum Gasteiger partial charge on any atom is 0.341 e. The number of carboxylic acid groups (broad SMARTS) is 1. The van der Waals surface area contributed by atoms with Crippen molar-refractivity contribution >= 4 is 11.9 Å². The van der Waals surface area contributed by atoms with Gasteiger partial charge in [0.05, 0.1) is 0 Å². The van der Waals surface area contributed by atoms with Crippen molar-refractivity contribution in [3.63, 3.8) is 0 Å². The second-order valence-electron chi connectivity index (χ2n) is 3.24. The fraction of sp³-hybridized carbons (Fsp3) is 0.300. The van der Waals surface area contributed by atoms with Gasteiger partial charge in [-0.05, 0) is 12.1 Å². The third-order valence-corrected chi connectivity index (χ3v) is 1.83. The smallest absolute Gasteiger partial charge is 0.341 e. The number of likely N-dealkylation sites (N-methyl/N-ethyl adjacent to an activating group) is 1. The molecule has 0 aliphatic rings. The first-order valence-corrected chi connectivity index (χ1v) is 4.53. The number of carboxylic acids is 1. The minimum atomic E-state index is -1.14. The minimum Gasteiger partial charge on any atom is -0.477 e. The minimum absolute atomic E-state index is 0.0507. The Labute approximate surface area is 92.5 Å². The lowest BCUT2D eigenvalue weighted by atomic mass is 10.3. The van der Waals surface area contributed by atoms with Crippen molar-refractivity contribution in [1.29, 1.82) is 0 Å². The van der Waals surface area contributed by atoms with Crippen molar-refractivity contribution in [3.8, 4) is 5.88 Å². The highest BCUT2D eigenvalue weighted by Crippen LogP contribution is 2.13. The summed E-state index contributed by atoms with van der Waals surface area (Å²) in [5.74, 6) is -1.45. The van der Waals surface area contributed by atoms with Gasteiger partial charge in [0.15, 0.2) is 6.61 Å². The summed E-state index contributed by atoms with van der Waals surface area (Å²) in [5.41, 5.74) is -0.0611. The lowest BCUT2D eigenvalue weighted by Crippen LogP contribution is -2.28. The number of hydrogen-bond donors (Lipinski definition) is 1. The van der Waals surface area contributed by atoms with E-state index in [9.17, 15) is 9.59 Å². The molecule has 0 bridgehead atoms. The third kappa shape index (κ3) is 2.94. The molecular weight excluding hydrogens is 212 g/mol. The Morgan fingerprint density at radius 2 is 2.19 bits per heavy atom. The van der Waals surface area contributed by atoms with E-state index < -0.39 is 5.97 Å². The van der Waals surface area contributed by atoms with Crippen LogP contribution in [0, 0.1) is 0 Å². The zero-order valence-electron chi connectivity index (χ0n) is 9.01. The monoisotopic (exact) mass is 224 g/mol. The summed E-state index contributed by atoms with van der Waals surface area (Å²) >= 11 is 0. The number of hydrogen-bond acceptors (Lipinski definition) is 4. The van der Waals surface area contributed by atoms with Crippen LogP contribution in [0.5, 0.6) is 5.88 Å². The Morgan fingerprint density at radius 1 is 1.50 bits per heavy atom. The van der Waals surface area contributed by atoms with Crippen molar-refractivity contribution in [2.75, 3.05) is 20.7 Å². The molecule has 1 aromatic heterocycles. The Bertz CT molecular complexity index is 404. The van der Waals surface area contributed by atoms with Crippen LogP contribution in [0.1, 0.15) is 10.4 Å². The molecule has 0 radical (unpaired) electrons. The Balaban J connectivity index is 2.74. The molecule has 6 heteroatoms. The lowest BCUT2D eigenvalue weighted by Gasteiger charge is -2.11. The van der Waals surface area contributed by atoms with Gasteiger partial charge in [-0.1, -0.05) is 0 Å². The quantitative estimate of drug-likeness (QED) is 0.792. The van der Waals surface area contributed by atoms with Gasteiger partial charge in [0.1, 0.15) is 5.56 Å². The van der Waals surface area contributed by atoms with E-state index in [0.717, 1.165) is 0 Å². The van der Waals surface area contributed by atoms with Crippen LogP contribution in [0.4, 0.5) is 0 Å². The zero-order valence-corrected chi connectivity index (χ0v) is 9.01. The molecule has 86 valence electrons. The van der Waals surface area contributed by atoms with E-state index in [0.29, 0.717) is 0 Å². The lowest BCUT2D eigenvalue weighted by molar-refractivity contribution is -0.130. The van der Waals surface area contributed by atoms with E-state index >= 15 is 0 Å². The van der Waals surface area contributed by atoms with Crippen LogP contribution < -0.4 is 4.74 Å². The molecule has 0 aromatic carbocycles. The van der Waals surface area contributed by atoms with Gasteiger partial charge in [0, 0.05) is 20.3 Å². The average molecular weight is 224 g/mol. The fourth-order valence-corrected chi connectivity index (χ4v) is 0.928. The van der Waals surface area contributed by atoms with Gasteiger partial charge in [-0.25, -0.2) is 9.78 Å². The molecular formula is C10H12N2O4. The van der Waals surface area contributed by atoms with E-state index in [2.05, 4.69) is 4.98 Å². The predicted octanol–water partition coefficient (Wildman–Crippen LogP) is 0.247. The first kappa shape index (κ1) is 12.0. The SMILES string of the molecule is CN(C)C(=O)COc1ncccc1C(=O)O. The van der Waals surface area contributed by atoms with Crippen LogP contribution in [0.2, 0.25) is 0 Å². The molecule has 1 amide bonds. The number of aromatic carboxylic acids is 1. The topological polar surface area (TPSA) is 79.7 Å². The van der Waals surface area contributed by atoms with Gasteiger partial charge in [-0.15, -0.1) is 0 Å². The van der Waals surface area contributed by atoms with Crippen LogP contribution >= 0.6 is 0 Å². The van der Waals surface area contributed by atoms with Gasteiger partial charge in [-0.2, -0.15) is 0 Å². The van der Waals surface area contributed by atoms with Gasteiger partial charge >= 0.3 is 5.97 Å². The molecule has 0 saturated carbocycles. The summed E-state index contributed by atoms with van der Waals surface area (Å²) in [7, 11) is 3.17. The van der Waals surface area contributed by atoms with E-state index in [-0.39, 0.29) is 24.0 Å². The third-order valence-electron chi connectivity index (χ3n) is 1.83. The molecule has 0 aliphatic heterocycles. The van der Waals surface area contributed by atoms with Crippen LogP contribution in [-0.4, -0.2) is 47.6 Å². The Morgan fingerprint density at radius 3 is 2.75 bits per heavy atom. The molecule has 16 heavy (non-hydrogen) atoms. The second-order valence-corrected chi connectivity index (χ2v) is 3.24. The molecule has 1 rings (SSSR count). The molecule has 0 saturated heterocycles. The molecule has 1 heterocycles. The van der Waals surface area contributed by atoms with Crippen molar-refractivity contribution < 1.29 is 19.4 Å². The first-order chi connectivity index (χ1) is 7.52. The molecule has 0 spiro atoms. The van der Waals surface area contributed by atoms with Crippen molar-refractivity contribution in [2.24, 2.45) is 0 Å². The van der Waals surface area contributed by atoms with Gasteiger partial charge in [-0.3, -0.25) is 4.79 Å². The Hall–Kier alpha value is -2.11. The summed E-state index contributed by atoms with van der Waals surface area (Å²) in [5, 5.41) is 8.82. The summed E-state index contributed by atoms with van der Waals surface area (Å²) in [4.78, 5) is 27.1. The number of carbonyl (C=O) groups excluding carboxylic acids is 1. The van der Waals surface area contributed by atoms with Crippen molar-refractivity contribution in [1.82, 2.24) is 9.88 Å². The van der Waals surface area contributed by atoms with Crippen LogP contribution in [0.3, 0.4) is 0 Å². The average Bonchev–Trinajstić information content (AvgIpc) is 2.25. The standard InChI is InChI=1S/C10H12N2O4/c1-12(2)8(13)6-16-9-7(10(14)15)4-3-5-11-9/h3-5H,6H2,1-2H3,(H,14,15). The largest absolute Gasteiger partial charge is 0.477 e. The fourth-order valence-electron chi connectivity index (χ4n) is 0.928. The highest BCUT2D eigenvalue weighted by Gasteiger charge is 2.13. The maximum absolute atomic E-state index is 11.2. The van der Waals surface area contributed by atoms with Gasteiger partial charge < -0.3 is 14.7 Å². The number of amides is 1. The number of nitrogens with zero attached hydrogens (tertiary/aromatic N) is 2. The number of ether oxygens (including phenoxy) is 1. The van der Waals surface area contributed by atoms with Crippen LogP contribution in [0.25, 0.3) is 0 Å². The molecule has 0 aliphatic carbocycles. The molecule has 0 atom stereocenters. The van der Waals surface area contributed by atoms with Gasteiger partial charge in [0.25, 0.3) is 5.91 Å². The normalized spacial score (nSPS) is 9.62. The van der Waals surface area contributed by atoms with E-state index in [1.807, 2.05) is 0 Å². The summed E-state index contributed by atoms with van der Waals surface area (Å²) in [6.45, 7) is -0.232. The maximum atomic E-state index is 11.2. The van der Waals surface area contributed by atoms with Crippen molar-refractivity contribution in [2.45, 2.75) is 0 Å². The predicted molar refractivity (Wildman–Crippen MR) is 55.4 cm³/mol. The number of aromatic nitrogens is 1. The highest BCUT2D eigenvalue weighted by molar-refractivity contribution is 5.90. The van der Waals surface area contributed by atoms with Crippen LogP contribution in [0.15, 0.2) is 18.3 Å². The second kappa shape index (κ2) is 5.11. The number of rotatable bonds is 4. The summed E-state index contributed by atoms with van der Waals surface area (Å²) in [6, 6.07) is 2.86. The molecule has 1 N–H and O–H groups in total. The molecule has 1 aromatic rings. The number of carbonyl (C=O) groups is 2. The molecule has 0 fully saturated rings. The van der Waals surface area contributed by atoms with E-state index in [1.54, 1.807) is 14.1 Å². The number of pyridine rings is 1.